The number of nitrogens with zero attached hydrogens (tertiary/aromatic N) is 6. The van der Waals surface area contributed by atoms with Crippen molar-refractivity contribution in [3.8, 4) is 11.5 Å². The molecular weight excluding hydrogens is 681 g/mol. The standard InChI is InChI=1S/C42H32N8O4/c1-53-31-21-17-27(18-22-31)25-35-41(51)49(39(43-35)29-11-5-3-6-12-29)47-37-33-15-9-10-16-34(33)38(46-45-37)48-50-40(30-13-7-4-8-14-30)44-36(42(50)52)26-28-19-23-32(54-2)24-20-28/h3-26H,1-2H3,(H,45,47)(H,46,48)/b35-25+,36-26+. The molecule has 264 valence electrons. The average Bonchev–Trinajstić information content (AvgIpc) is 3.70. The minimum absolute atomic E-state index is 0.237. The lowest BCUT2D eigenvalue weighted by Gasteiger charge is -2.23. The number of nitrogens with one attached hydrogen (secondary N) is 2. The van der Waals surface area contributed by atoms with Gasteiger partial charge < -0.3 is 9.47 Å². The first-order chi connectivity index (χ1) is 26.5. The molecule has 12 nitrogen and oxygen atoms in total. The predicted octanol–water partition coefficient (Wildman–Crippen LogP) is 6.96. The fourth-order valence-electron chi connectivity index (χ4n) is 6.00. The molecule has 0 spiro atoms. The van der Waals surface area contributed by atoms with Crippen LogP contribution in [-0.2, 0) is 9.59 Å². The number of amides is 2. The van der Waals surface area contributed by atoms with Crippen LogP contribution in [0, 0.1) is 0 Å². The van der Waals surface area contributed by atoms with E-state index in [0.29, 0.717) is 45.6 Å². The minimum atomic E-state index is -0.375. The molecule has 0 bridgehead atoms. The van der Waals surface area contributed by atoms with Crippen molar-refractivity contribution < 1.29 is 19.1 Å². The molecule has 12 heteroatoms. The van der Waals surface area contributed by atoms with Gasteiger partial charge in [-0.1, -0.05) is 109 Å². The second-order valence-corrected chi connectivity index (χ2v) is 12.2. The van der Waals surface area contributed by atoms with E-state index in [-0.39, 0.29) is 23.2 Å². The third-order valence-corrected chi connectivity index (χ3v) is 8.75. The minimum Gasteiger partial charge on any atom is -0.497 e. The van der Waals surface area contributed by atoms with Gasteiger partial charge in [0.1, 0.15) is 22.9 Å². The van der Waals surface area contributed by atoms with Crippen molar-refractivity contribution in [2.24, 2.45) is 9.98 Å². The number of carbonyl (C=O) groups is 2. The van der Waals surface area contributed by atoms with E-state index in [1.807, 2.05) is 133 Å². The quantitative estimate of drug-likeness (QED) is 0.146. The van der Waals surface area contributed by atoms with E-state index < -0.39 is 0 Å². The van der Waals surface area contributed by atoms with Gasteiger partial charge in [-0.05, 0) is 47.5 Å². The number of amidine groups is 2. The summed E-state index contributed by atoms with van der Waals surface area (Å²) in [7, 11) is 3.20. The summed E-state index contributed by atoms with van der Waals surface area (Å²) in [6, 6.07) is 41.0. The van der Waals surface area contributed by atoms with Crippen molar-refractivity contribution in [3.05, 3.63) is 167 Å². The molecular formula is C42H32N8O4. The lowest BCUT2D eigenvalue weighted by Crippen LogP contribution is -2.39. The van der Waals surface area contributed by atoms with E-state index >= 15 is 0 Å². The number of anilines is 2. The van der Waals surface area contributed by atoms with Crippen LogP contribution >= 0.6 is 0 Å². The highest BCUT2D eigenvalue weighted by molar-refractivity contribution is 6.22. The van der Waals surface area contributed by atoms with Crippen LogP contribution in [0.4, 0.5) is 11.6 Å². The molecule has 6 aromatic rings. The number of aromatic nitrogens is 2. The number of hydrogen-bond acceptors (Lipinski definition) is 10. The molecule has 2 aliphatic heterocycles. The van der Waals surface area contributed by atoms with E-state index in [1.165, 1.54) is 10.0 Å². The highest BCUT2D eigenvalue weighted by Gasteiger charge is 2.34. The second kappa shape index (κ2) is 14.6. The SMILES string of the molecule is COc1ccc(/C=C2/N=C(c3ccccc3)N(Nc3nnc(NN4C(=O)/C(=C\c5ccc(OC)cc5)N=C4c4ccccc4)c4ccccc34)C2=O)cc1. The lowest BCUT2D eigenvalue weighted by atomic mass is 10.1. The summed E-state index contributed by atoms with van der Waals surface area (Å²) in [5.41, 5.74) is 9.89. The zero-order chi connectivity index (χ0) is 37.0. The third-order valence-electron chi connectivity index (χ3n) is 8.75. The molecule has 1 aromatic heterocycles. The topological polar surface area (TPSA) is 134 Å². The first kappa shape index (κ1) is 33.5. The average molecular weight is 713 g/mol. The van der Waals surface area contributed by atoms with Crippen molar-refractivity contribution in [2.75, 3.05) is 25.1 Å². The highest BCUT2D eigenvalue weighted by Crippen LogP contribution is 2.31. The van der Waals surface area contributed by atoms with E-state index in [0.717, 1.165) is 22.3 Å². The number of rotatable bonds is 10. The number of ether oxygens (including phenoxy) is 2. The molecule has 0 fully saturated rings. The van der Waals surface area contributed by atoms with Gasteiger partial charge in [0.15, 0.2) is 23.3 Å². The van der Waals surface area contributed by atoms with Crippen LogP contribution in [0.2, 0.25) is 0 Å². The van der Waals surface area contributed by atoms with E-state index in [2.05, 4.69) is 21.0 Å². The van der Waals surface area contributed by atoms with Crippen molar-refractivity contribution in [1.82, 2.24) is 20.2 Å². The molecule has 0 unspecified atom stereocenters. The van der Waals surface area contributed by atoms with Gasteiger partial charge in [0, 0.05) is 21.9 Å². The Hall–Kier alpha value is -7.60. The van der Waals surface area contributed by atoms with Crippen molar-refractivity contribution in [3.63, 3.8) is 0 Å². The Morgan fingerprint density at radius 1 is 0.500 bits per heavy atom. The Morgan fingerprint density at radius 3 is 1.24 bits per heavy atom. The van der Waals surface area contributed by atoms with Crippen molar-refractivity contribution in [2.45, 2.75) is 0 Å². The molecule has 0 saturated carbocycles. The smallest absolute Gasteiger partial charge is 0.297 e. The summed E-state index contributed by atoms with van der Waals surface area (Å²) in [5.74, 6) is 2.08. The number of hydrogen-bond donors (Lipinski definition) is 2. The zero-order valence-electron chi connectivity index (χ0n) is 29.2. The molecule has 2 amide bonds. The summed E-state index contributed by atoms with van der Waals surface area (Å²) < 4.78 is 10.6. The van der Waals surface area contributed by atoms with E-state index in [4.69, 9.17) is 19.5 Å². The third kappa shape index (κ3) is 6.62. The summed E-state index contributed by atoms with van der Waals surface area (Å²) in [4.78, 5) is 37.4. The van der Waals surface area contributed by atoms with Gasteiger partial charge in [0.25, 0.3) is 11.8 Å². The maximum Gasteiger partial charge on any atom is 0.297 e. The Kier molecular flexibility index (Phi) is 9.04. The van der Waals surface area contributed by atoms with Gasteiger partial charge in [0.2, 0.25) is 0 Å². The van der Waals surface area contributed by atoms with Crippen LogP contribution in [-0.4, -0.2) is 57.9 Å². The lowest BCUT2D eigenvalue weighted by molar-refractivity contribution is -0.122. The van der Waals surface area contributed by atoms with Crippen LogP contribution in [0.1, 0.15) is 22.3 Å². The summed E-state index contributed by atoms with van der Waals surface area (Å²) >= 11 is 0. The van der Waals surface area contributed by atoms with Crippen LogP contribution in [0.15, 0.2) is 155 Å². The maximum absolute atomic E-state index is 14.0. The molecule has 5 aromatic carbocycles. The molecule has 0 radical (unpaired) electrons. The fourth-order valence-corrected chi connectivity index (χ4v) is 6.00. The molecule has 2 N–H and O–H groups in total. The predicted molar refractivity (Wildman–Crippen MR) is 208 cm³/mol. The molecule has 8 rings (SSSR count). The fraction of sp³-hybridized carbons (Fsp3) is 0.0476. The first-order valence-electron chi connectivity index (χ1n) is 17.0. The van der Waals surface area contributed by atoms with Crippen molar-refractivity contribution in [1.29, 1.82) is 0 Å². The Morgan fingerprint density at radius 2 is 0.870 bits per heavy atom. The molecule has 54 heavy (non-hydrogen) atoms. The van der Waals surface area contributed by atoms with E-state index in [9.17, 15) is 9.59 Å². The van der Waals surface area contributed by atoms with Gasteiger partial charge in [-0.25, -0.2) is 9.98 Å². The van der Waals surface area contributed by atoms with Gasteiger partial charge in [-0.2, -0.15) is 10.0 Å². The highest BCUT2D eigenvalue weighted by atomic mass is 16.5. The Bertz CT molecular complexity index is 2320. The van der Waals surface area contributed by atoms with Gasteiger partial charge in [0.05, 0.1) is 14.2 Å². The number of carbonyl (C=O) groups excluding carboxylic acids is 2. The summed E-state index contributed by atoms with van der Waals surface area (Å²) in [6.07, 6.45) is 3.44. The second-order valence-electron chi connectivity index (χ2n) is 12.2. The Balaban J connectivity index is 1.13. The molecule has 3 heterocycles. The number of fused-ring (bicyclic) bond motifs is 1. The Labute approximate surface area is 310 Å². The molecule has 0 atom stereocenters. The van der Waals surface area contributed by atoms with Crippen LogP contribution in [0.25, 0.3) is 22.9 Å². The van der Waals surface area contributed by atoms with Crippen LogP contribution < -0.4 is 20.3 Å². The van der Waals surface area contributed by atoms with Crippen molar-refractivity contribution >= 4 is 58.0 Å². The van der Waals surface area contributed by atoms with Gasteiger partial charge in [-0.3, -0.25) is 20.4 Å². The van der Waals surface area contributed by atoms with Gasteiger partial charge in [-0.15, -0.1) is 10.2 Å². The monoisotopic (exact) mass is 712 g/mol. The molecule has 0 saturated heterocycles. The largest absolute Gasteiger partial charge is 0.497 e. The number of benzene rings is 5. The number of aliphatic imine (C=N–C) groups is 2. The van der Waals surface area contributed by atoms with Crippen LogP contribution in [0.5, 0.6) is 11.5 Å². The first-order valence-corrected chi connectivity index (χ1v) is 17.0. The van der Waals surface area contributed by atoms with Gasteiger partial charge >= 0.3 is 0 Å². The zero-order valence-corrected chi connectivity index (χ0v) is 29.2. The number of hydrazine groups is 2. The normalized spacial score (nSPS) is 15.5. The maximum atomic E-state index is 14.0. The molecule has 2 aliphatic rings. The summed E-state index contributed by atoms with van der Waals surface area (Å²) in [6.45, 7) is 0. The summed E-state index contributed by atoms with van der Waals surface area (Å²) in [5, 5.41) is 13.1. The van der Waals surface area contributed by atoms with E-state index in [1.54, 1.807) is 26.4 Å². The molecule has 0 aliphatic carbocycles. The number of methoxy groups -OCH3 is 2. The van der Waals surface area contributed by atoms with Crippen LogP contribution in [0.3, 0.4) is 0 Å².